The molecule has 10 nitrogen and oxygen atoms in total. The number of rotatable bonds is 10. The Bertz CT molecular complexity index is 1430. The summed E-state index contributed by atoms with van der Waals surface area (Å²) in [6.07, 6.45) is 2.37. The van der Waals surface area contributed by atoms with E-state index in [1.54, 1.807) is 13.0 Å². The number of hydrogen-bond donors (Lipinski definition) is 3. The number of carbonyl (C=O) groups excluding carboxylic acids is 2. The van der Waals surface area contributed by atoms with Crippen molar-refractivity contribution in [1.29, 1.82) is 0 Å². The molecule has 1 aliphatic carbocycles. The van der Waals surface area contributed by atoms with E-state index in [9.17, 15) is 23.1 Å². The standard InChI is InChI=1S/C29H41ClN4O6S2/c1-7-29(4,5)33-42(38,39)21-9-8-20(22(30)17(21)3)24-23(27(36)34-12-10-16(2)11-13-34)32-26(41-24)25(35)31-19-14-18(15-19)28(37)40-6/h8-9,16,18-19,27,33,36H,7,10-15H2,1-6H3,(H,31,35). The summed E-state index contributed by atoms with van der Waals surface area (Å²) in [5.41, 5.74) is 0.524. The summed E-state index contributed by atoms with van der Waals surface area (Å²) in [5.74, 6) is -0.376. The minimum atomic E-state index is -3.86. The molecule has 2 aliphatic rings. The largest absolute Gasteiger partial charge is 0.469 e. The molecule has 0 spiro atoms. The van der Waals surface area contributed by atoms with E-state index in [4.69, 9.17) is 16.3 Å². The first kappa shape index (κ1) is 32.8. The van der Waals surface area contributed by atoms with Gasteiger partial charge in [-0.1, -0.05) is 31.5 Å². The van der Waals surface area contributed by atoms with Crippen LogP contribution in [0.3, 0.4) is 0 Å². The Hall–Kier alpha value is -2.09. The summed E-state index contributed by atoms with van der Waals surface area (Å²) >= 11 is 7.94. The molecule has 1 aromatic carbocycles. The number of likely N-dealkylation sites (tertiary alicyclic amines) is 1. The Balaban J connectivity index is 1.68. The van der Waals surface area contributed by atoms with Crippen molar-refractivity contribution >= 4 is 44.8 Å². The molecule has 0 bridgehead atoms. The molecule has 2 aromatic rings. The molecule has 2 fully saturated rings. The fourth-order valence-corrected chi connectivity index (χ4v) is 8.34. The number of hydrogen-bond acceptors (Lipinski definition) is 9. The van der Waals surface area contributed by atoms with Gasteiger partial charge in [-0.15, -0.1) is 11.3 Å². The summed E-state index contributed by atoms with van der Waals surface area (Å²) < 4.78 is 34.0. The minimum absolute atomic E-state index is 0.0671. The lowest BCUT2D eigenvalue weighted by Gasteiger charge is -2.33. The van der Waals surface area contributed by atoms with Gasteiger partial charge in [-0.3, -0.25) is 14.5 Å². The maximum absolute atomic E-state index is 13.2. The van der Waals surface area contributed by atoms with Gasteiger partial charge in [0.05, 0.1) is 27.8 Å². The van der Waals surface area contributed by atoms with Gasteiger partial charge in [-0.2, -0.15) is 0 Å². The van der Waals surface area contributed by atoms with Gasteiger partial charge in [0.25, 0.3) is 5.91 Å². The van der Waals surface area contributed by atoms with Crippen LogP contribution in [-0.4, -0.2) is 67.1 Å². The number of piperidine rings is 1. The van der Waals surface area contributed by atoms with E-state index in [2.05, 4.69) is 21.9 Å². The quantitative estimate of drug-likeness (QED) is 0.319. The topological polar surface area (TPSA) is 138 Å². The van der Waals surface area contributed by atoms with E-state index < -0.39 is 27.7 Å². The first-order valence-corrected chi connectivity index (χ1v) is 17.0. The van der Waals surface area contributed by atoms with E-state index >= 15 is 0 Å². The maximum atomic E-state index is 13.2. The number of sulfonamides is 1. The van der Waals surface area contributed by atoms with Gasteiger partial charge in [0, 0.05) is 30.2 Å². The van der Waals surface area contributed by atoms with Crippen molar-refractivity contribution in [2.24, 2.45) is 11.8 Å². The number of aliphatic hydroxyl groups is 1. The van der Waals surface area contributed by atoms with Crippen LogP contribution >= 0.6 is 22.9 Å². The highest BCUT2D eigenvalue weighted by atomic mass is 35.5. The van der Waals surface area contributed by atoms with Gasteiger partial charge in [0.2, 0.25) is 10.0 Å². The predicted molar refractivity (Wildman–Crippen MR) is 163 cm³/mol. The van der Waals surface area contributed by atoms with Crippen LogP contribution in [0.5, 0.6) is 0 Å². The second-order valence-corrected chi connectivity index (χ2v) is 15.1. The number of nitrogens with zero attached hydrogens (tertiary/aromatic N) is 2. The van der Waals surface area contributed by atoms with Gasteiger partial charge in [-0.25, -0.2) is 18.1 Å². The van der Waals surface area contributed by atoms with E-state index in [0.717, 1.165) is 24.2 Å². The number of benzene rings is 1. The fraction of sp³-hybridized carbons (Fsp3) is 0.621. The predicted octanol–water partition coefficient (Wildman–Crippen LogP) is 4.64. The third-order valence-corrected chi connectivity index (χ3v) is 11.9. The van der Waals surface area contributed by atoms with Crippen molar-refractivity contribution < 1.29 is 27.9 Å². The number of halogens is 1. The molecule has 1 amide bonds. The van der Waals surface area contributed by atoms with Crippen LogP contribution < -0.4 is 10.0 Å². The Labute approximate surface area is 257 Å². The Morgan fingerprint density at radius 2 is 1.90 bits per heavy atom. The lowest BCUT2D eigenvalue weighted by Crippen LogP contribution is -2.47. The first-order chi connectivity index (χ1) is 19.7. The van der Waals surface area contributed by atoms with Gasteiger partial charge >= 0.3 is 5.97 Å². The molecule has 0 radical (unpaired) electrons. The van der Waals surface area contributed by atoms with Crippen LogP contribution in [-0.2, 0) is 19.6 Å². The second kappa shape index (κ2) is 12.9. The van der Waals surface area contributed by atoms with Crippen LogP contribution in [0, 0.1) is 18.8 Å². The number of ether oxygens (including phenoxy) is 1. The van der Waals surface area contributed by atoms with Crippen molar-refractivity contribution in [1.82, 2.24) is 19.9 Å². The molecule has 1 unspecified atom stereocenters. The summed E-state index contributed by atoms with van der Waals surface area (Å²) in [7, 11) is -2.52. The molecule has 1 aliphatic heterocycles. The zero-order valence-electron chi connectivity index (χ0n) is 25.0. The summed E-state index contributed by atoms with van der Waals surface area (Å²) in [6.45, 7) is 10.7. The molecule has 1 saturated carbocycles. The zero-order valence-corrected chi connectivity index (χ0v) is 27.4. The van der Waals surface area contributed by atoms with E-state index in [1.807, 2.05) is 25.7 Å². The molecule has 2 heterocycles. The van der Waals surface area contributed by atoms with Crippen molar-refractivity contribution in [2.75, 3.05) is 20.2 Å². The Kier molecular flexibility index (Phi) is 10.1. The lowest BCUT2D eigenvalue weighted by atomic mass is 9.80. The molecular weight excluding hydrogens is 600 g/mol. The van der Waals surface area contributed by atoms with Gasteiger partial charge in [0.15, 0.2) is 11.2 Å². The number of amides is 1. The molecule has 1 atom stereocenters. The van der Waals surface area contributed by atoms with E-state index in [1.165, 1.54) is 13.2 Å². The molecule has 42 heavy (non-hydrogen) atoms. The molecule has 4 rings (SSSR count). The number of aliphatic hydroxyl groups excluding tert-OH is 1. The maximum Gasteiger partial charge on any atom is 0.308 e. The highest BCUT2D eigenvalue weighted by Crippen LogP contribution is 2.42. The van der Waals surface area contributed by atoms with Crippen molar-refractivity contribution in [2.45, 2.75) is 89.4 Å². The fourth-order valence-electron chi connectivity index (χ4n) is 5.21. The molecule has 3 N–H and O–H groups in total. The average molecular weight is 641 g/mol. The average Bonchev–Trinajstić information content (AvgIpc) is 3.36. The Morgan fingerprint density at radius 3 is 2.50 bits per heavy atom. The number of carbonyl (C=O) groups is 2. The summed E-state index contributed by atoms with van der Waals surface area (Å²) in [4.78, 5) is 32.1. The molecule has 232 valence electrons. The third-order valence-electron chi connectivity index (χ3n) is 8.43. The normalized spacial score (nSPS) is 21.0. The molecule has 1 aromatic heterocycles. The minimum Gasteiger partial charge on any atom is -0.469 e. The summed E-state index contributed by atoms with van der Waals surface area (Å²) in [5, 5.41) is 14.8. The van der Waals surface area contributed by atoms with Crippen LogP contribution in [0.15, 0.2) is 17.0 Å². The molecule has 1 saturated heterocycles. The highest BCUT2D eigenvalue weighted by Gasteiger charge is 2.37. The third kappa shape index (κ3) is 7.00. The van der Waals surface area contributed by atoms with Crippen LogP contribution in [0.4, 0.5) is 0 Å². The van der Waals surface area contributed by atoms with Crippen LogP contribution in [0.25, 0.3) is 10.4 Å². The van der Waals surface area contributed by atoms with Crippen molar-refractivity contribution in [3.63, 3.8) is 0 Å². The molecular formula is C29H41ClN4O6S2. The Morgan fingerprint density at radius 1 is 1.26 bits per heavy atom. The second-order valence-electron chi connectivity index (χ2n) is 12.1. The van der Waals surface area contributed by atoms with Crippen LogP contribution in [0.2, 0.25) is 5.02 Å². The number of aromatic nitrogens is 1. The molecule has 13 heteroatoms. The van der Waals surface area contributed by atoms with Gasteiger partial charge < -0.3 is 15.2 Å². The first-order valence-electron chi connectivity index (χ1n) is 14.3. The number of methoxy groups -OCH3 is 1. The van der Waals surface area contributed by atoms with Crippen LogP contribution in [0.1, 0.15) is 87.1 Å². The smallest absolute Gasteiger partial charge is 0.308 e. The van der Waals surface area contributed by atoms with Crippen molar-refractivity contribution in [3.8, 4) is 10.4 Å². The number of thiazole rings is 1. The number of esters is 1. The van der Waals surface area contributed by atoms with E-state index in [-0.39, 0.29) is 32.9 Å². The van der Waals surface area contributed by atoms with E-state index in [0.29, 0.717) is 60.0 Å². The summed E-state index contributed by atoms with van der Waals surface area (Å²) in [6, 6.07) is 2.94. The van der Waals surface area contributed by atoms with Crippen molar-refractivity contribution in [3.05, 3.63) is 33.4 Å². The zero-order chi connectivity index (χ0) is 31.0. The lowest BCUT2D eigenvalue weighted by molar-refractivity contribution is -0.149. The van der Waals surface area contributed by atoms with Gasteiger partial charge in [-0.05, 0) is 70.4 Å². The van der Waals surface area contributed by atoms with Gasteiger partial charge in [0.1, 0.15) is 5.69 Å². The highest BCUT2D eigenvalue weighted by molar-refractivity contribution is 7.89. The monoisotopic (exact) mass is 640 g/mol. The SMILES string of the molecule is CCC(C)(C)NS(=O)(=O)c1ccc(-c2sc(C(=O)NC3CC(C(=O)OC)C3)nc2C(O)N2CCC(C)CC2)c(Cl)c1C. The number of nitrogens with one attached hydrogen (secondary N) is 2.